The molecule has 1 fully saturated rings. The number of nitrogens with zero attached hydrogens (tertiary/aromatic N) is 3. The highest BCUT2D eigenvalue weighted by molar-refractivity contribution is 4.92. The molecule has 90 valence electrons. The maximum absolute atomic E-state index is 4.36. The van der Waals surface area contributed by atoms with E-state index < -0.39 is 0 Å². The van der Waals surface area contributed by atoms with Crippen molar-refractivity contribution in [1.29, 1.82) is 0 Å². The van der Waals surface area contributed by atoms with Gasteiger partial charge in [0.2, 0.25) is 0 Å². The third-order valence-electron chi connectivity index (χ3n) is 3.44. The van der Waals surface area contributed by atoms with Crippen LogP contribution in [0.4, 0.5) is 0 Å². The Hall–Kier alpha value is -0.870. The van der Waals surface area contributed by atoms with Crippen molar-refractivity contribution in [3.05, 3.63) is 18.2 Å². The summed E-state index contributed by atoms with van der Waals surface area (Å²) in [6.45, 7) is 4.78. The number of aromatic nitrogens is 2. The maximum Gasteiger partial charge on any atom is 0.109 e. The van der Waals surface area contributed by atoms with Crippen LogP contribution in [0.3, 0.4) is 0 Å². The minimum atomic E-state index is 0.839. The fourth-order valence-corrected chi connectivity index (χ4v) is 2.47. The molecule has 0 radical (unpaired) electrons. The molecule has 1 unspecified atom stereocenters. The van der Waals surface area contributed by atoms with E-state index in [0.29, 0.717) is 0 Å². The third kappa shape index (κ3) is 2.83. The van der Waals surface area contributed by atoms with Crippen molar-refractivity contribution in [3.8, 4) is 0 Å². The van der Waals surface area contributed by atoms with Crippen LogP contribution in [-0.2, 0) is 13.5 Å². The summed E-state index contributed by atoms with van der Waals surface area (Å²) in [5, 5.41) is 3.27. The van der Waals surface area contributed by atoms with Crippen molar-refractivity contribution in [2.75, 3.05) is 33.2 Å². The van der Waals surface area contributed by atoms with Crippen molar-refractivity contribution < 1.29 is 0 Å². The van der Waals surface area contributed by atoms with Gasteiger partial charge in [-0.05, 0) is 32.5 Å². The standard InChI is InChI=1S/C12H22N4/c1-13-9-11-3-6-16(10-11)7-4-12-14-5-8-15(12)2/h5,8,11,13H,3-4,6-7,9-10H2,1-2H3. The number of likely N-dealkylation sites (tertiary alicyclic amines) is 1. The molecule has 1 aliphatic heterocycles. The van der Waals surface area contributed by atoms with Gasteiger partial charge < -0.3 is 14.8 Å². The average molecular weight is 222 g/mol. The molecule has 4 nitrogen and oxygen atoms in total. The van der Waals surface area contributed by atoms with E-state index in [1.165, 1.54) is 25.3 Å². The molecule has 0 saturated carbocycles. The molecule has 1 N–H and O–H groups in total. The van der Waals surface area contributed by atoms with Crippen molar-refractivity contribution in [2.45, 2.75) is 12.8 Å². The molecule has 2 heterocycles. The summed E-state index contributed by atoms with van der Waals surface area (Å²) in [5.41, 5.74) is 0. The van der Waals surface area contributed by atoms with Gasteiger partial charge in [0.1, 0.15) is 5.82 Å². The van der Waals surface area contributed by atoms with Crippen LogP contribution < -0.4 is 5.32 Å². The zero-order valence-corrected chi connectivity index (χ0v) is 10.3. The highest BCUT2D eigenvalue weighted by Crippen LogP contribution is 2.15. The lowest BCUT2D eigenvalue weighted by Gasteiger charge is -2.15. The molecule has 0 aliphatic carbocycles. The van der Waals surface area contributed by atoms with Gasteiger partial charge in [0, 0.05) is 39.0 Å². The minimum Gasteiger partial charge on any atom is -0.338 e. The Balaban J connectivity index is 1.74. The number of aryl methyl sites for hydroxylation is 1. The van der Waals surface area contributed by atoms with Crippen molar-refractivity contribution in [2.24, 2.45) is 13.0 Å². The van der Waals surface area contributed by atoms with Crippen LogP contribution >= 0.6 is 0 Å². The van der Waals surface area contributed by atoms with Crippen LogP contribution in [0, 0.1) is 5.92 Å². The van der Waals surface area contributed by atoms with Crippen molar-refractivity contribution >= 4 is 0 Å². The van der Waals surface area contributed by atoms with Crippen LogP contribution in [0.2, 0.25) is 0 Å². The summed E-state index contributed by atoms with van der Waals surface area (Å²) in [6.07, 6.45) is 6.30. The predicted molar refractivity (Wildman–Crippen MR) is 65.4 cm³/mol. The third-order valence-corrected chi connectivity index (χ3v) is 3.44. The van der Waals surface area contributed by atoms with Gasteiger partial charge in [0.25, 0.3) is 0 Å². The summed E-state index contributed by atoms with van der Waals surface area (Å²) in [4.78, 5) is 6.91. The molecule has 4 heteroatoms. The van der Waals surface area contributed by atoms with Crippen LogP contribution in [0.1, 0.15) is 12.2 Å². The van der Waals surface area contributed by atoms with E-state index >= 15 is 0 Å². The van der Waals surface area contributed by atoms with E-state index in [0.717, 1.165) is 25.4 Å². The molecule has 16 heavy (non-hydrogen) atoms. The molecule has 1 aromatic rings. The number of imidazole rings is 1. The Kier molecular flexibility index (Phi) is 3.96. The van der Waals surface area contributed by atoms with Gasteiger partial charge >= 0.3 is 0 Å². The largest absolute Gasteiger partial charge is 0.338 e. The summed E-state index contributed by atoms with van der Waals surface area (Å²) in [7, 11) is 4.10. The van der Waals surface area contributed by atoms with Gasteiger partial charge in [-0.3, -0.25) is 0 Å². The first-order valence-corrected chi connectivity index (χ1v) is 6.12. The quantitative estimate of drug-likeness (QED) is 0.788. The van der Waals surface area contributed by atoms with E-state index in [1.54, 1.807) is 0 Å². The summed E-state index contributed by atoms with van der Waals surface area (Å²) in [6, 6.07) is 0. The van der Waals surface area contributed by atoms with Gasteiger partial charge in [0.05, 0.1) is 0 Å². The number of hydrogen-bond acceptors (Lipinski definition) is 3. The Morgan fingerprint density at radius 2 is 2.44 bits per heavy atom. The zero-order chi connectivity index (χ0) is 11.4. The molecule has 1 atom stereocenters. The number of hydrogen-bond donors (Lipinski definition) is 1. The van der Waals surface area contributed by atoms with Gasteiger partial charge in [-0.25, -0.2) is 4.98 Å². The monoisotopic (exact) mass is 222 g/mol. The minimum absolute atomic E-state index is 0.839. The average Bonchev–Trinajstić information content (AvgIpc) is 2.86. The molecule has 0 spiro atoms. The zero-order valence-electron chi connectivity index (χ0n) is 10.3. The highest BCUT2D eigenvalue weighted by atomic mass is 15.2. The van der Waals surface area contributed by atoms with E-state index in [-0.39, 0.29) is 0 Å². The van der Waals surface area contributed by atoms with Crippen LogP contribution in [-0.4, -0.2) is 47.7 Å². The first kappa shape index (κ1) is 11.6. The molecule has 0 aromatic carbocycles. The second kappa shape index (κ2) is 5.46. The fraction of sp³-hybridized carbons (Fsp3) is 0.750. The van der Waals surface area contributed by atoms with Gasteiger partial charge in [-0.2, -0.15) is 0 Å². The molecular formula is C12H22N4. The molecule has 0 amide bonds. The topological polar surface area (TPSA) is 33.1 Å². The van der Waals surface area contributed by atoms with E-state index in [1.807, 2.05) is 19.4 Å². The molecular weight excluding hydrogens is 200 g/mol. The van der Waals surface area contributed by atoms with Crippen LogP contribution in [0.5, 0.6) is 0 Å². The second-order valence-corrected chi connectivity index (χ2v) is 4.72. The van der Waals surface area contributed by atoms with E-state index in [9.17, 15) is 0 Å². The number of nitrogens with one attached hydrogen (secondary N) is 1. The number of rotatable bonds is 5. The molecule has 1 aromatic heterocycles. The van der Waals surface area contributed by atoms with Crippen LogP contribution in [0.25, 0.3) is 0 Å². The first-order valence-electron chi connectivity index (χ1n) is 6.12. The van der Waals surface area contributed by atoms with Gasteiger partial charge in [0.15, 0.2) is 0 Å². The van der Waals surface area contributed by atoms with E-state index in [2.05, 4.69) is 26.8 Å². The Bertz CT molecular complexity index is 321. The Morgan fingerprint density at radius 1 is 1.56 bits per heavy atom. The van der Waals surface area contributed by atoms with E-state index in [4.69, 9.17) is 0 Å². The molecule has 2 rings (SSSR count). The Morgan fingerprint density at radius 3 is 3.12 bits per heavy atom. The SMILES string of the molecule is CNCC1CCN(CCc2nccn2C)C1. The van der Waals surface area contributed by atoms with Gasteiger partial charge in [-0.15, -0.1) is 0 Å². The summed E-state index contributed by atoms with van der Waals surface area (Å²) >= 11 is 0. The Labute approximate surface area is 97.7 Å². The summed E-state index contributed by atoms with van der Waals surface area (Å²) in [5.74, 6) is 2.03. The normalized spacial score (nSPS) is 21.8. The fourth-order valence-electron chi connectivity index (χ4n) is 2.47. The highest BCUT2D eigenvalue weighted by Gasteiger charge is 2.21. The predicted octanol–water partition coefficient (Wildman–Crippen LogP) is 0.504. The molecule has 1 aliphatic rings. The lowest BCUT2D eigenvalue weighted by Crippen LogP contribution is -2.26. The summed E-state index contributed by atoms with van der Waals surface area (Å²) < 4.78 is 2.11. The van der Waals surface area contributed by atoms with Gasteiger partial charge in [-0.1, -0.05) is 0 Å². The maximum atomic E-state index is 4.36. The lowest BCUT2D eigenvalue weighted by molar-refractivity contribution is 0.323. The second-order valence-electron chi connectivity index (χ2n) is 4.72. The lowest BCUT2D eigenvalue weighted by atomic mass is 10.1. The molecule has 0 bridgehead atoms. The van der Waals surface area contributed by atoms with Crippen molar-refractivity contribution in [1.82, 2.24) is 19.8 Å². The smallest absolute Gasteiger partial charge is 0.109 e. The first-order chi connectivity index (χ1) is 7.79. The van der Waals surface area contributed by atoms with Crippen LogP contribution in [0.15, 0.2) is 12.4 Å². The van der Waals surface area contributed by atoms with Crippen molar-refractivity contribution in [3.63, 3.8) is 0 Å². The molecule has 1 saturated heterocycles.